The van der Waals surface area contributed by atoms with E-state index >= 15 is 0 Å². The third-order valence-electron chi connectivity index (χ3n) is 1.00. The molecule has 0 bridgehead atoms. The monoisotopic (exact) mass is 226 g/mol. The first-order chi connectivity index (χ1) is 5.61. The number of carboxylic acids is 1. The first-order valence-electron chi connectivity index (χ1n) is 2.88. The summed E-state index contributed by atoms with van der Waals surface area (Å²) in [5, 5.41) is 10.2. The number of hydrogen-bond donors (Lipinski definition) is 1. The third-order valence-corrected chi connectivity index (χ3v) is 2.60. The first kappa shape index (κ1) is 9.64. The van der Waals surface area contributed by atoms with E-state index in [-0.39, 0.29) is 5.75 Å². The van der Waals surface area contributed by atoms with E-state index < -0.39 is 12.6 Å². The van der Waals surface area contributed by atoms with Crippen LogP contribution >= 0.6 is 34.5 Å². The van der Waals surface area contributed by atoms with E-state index in [9.17, 15) is 4.79 Å². The largest absolute Gasteiger partial charge is 0.479 e. The maximum Gasteiger partial charge on any atom is 0.341 e. The summed E-state index contributed by atoms with van der Waals surface area (Å²) in [5.41, 5.74) is 0. The second-order valence-corrected chi connectivity index (χ2v) is 3.76. The number of halogens is 2. The van der Waals surface area contributed by atoms with Crippen molar-refractivity contribution in [3.8, 4) is 5.75 Å². The van der Waals surface area contributed by atoms with Gasteiger partial charge in [0.25, 0.3) is 0 Å². The van der Waals surface area contributed by atoms with Crippen LogP contribution in [0.5, 0.6) is 5.75 Å². The summed E-state index contributed by atoms with van der Waals surface area (Å²) in [6, 6.07) is 0. The van der Waals surface area contributed by atoms with Crippen molar-refractivity contribution < 1.29 is 14.6 Å². The molecule has 1 aromatic heterocycles. The van der Waals surface area contributed by atoms with Crippen LogP contribution in [-0.2, 0) is 4.79 Å². The molecule has 0 unspecified atom stereocenters. The Balaban J connectivity index is 2.68. The van der Waals surface area contributed by atoms with Crippen LogP contribution in [0, 0.1) is 0 Å². The molecule has 0 saturated heterocycles. The number of carbonyl (C=O) groups is 1. The molecular weight excluding hydrogens is 223 g/mol. The Bertz CT molecular complexity index is 277. The first-order valence-corrected chi connectivity index (χ1v) is 4.52. The lowest BCUT2D eigenvalue weighted by Gasteiger charge is -2.00. The van der Waals surface area contributed by atoms with E-state index in [0.717, 1.165) is 0 Å². The summed E-state index contributed by atoms with van der Waals surface area (Å²) in [6.45, 7) is -0.434. The Morgan fingerprint density at radius 3 is 2.75 bits per heavy atom. The van der Waals surface area contributed by atoms with Crippen molar-refractivity contribution in [1.82, 2.24) is 0 Å². The average molecular weight is 227 g/mol. The number of carboxylic acid groups (broad SMARTS) is 1. The Morgan fingerprint density at radius 2 is 2.33 bits per heavy atom. The van der Waals surface area contributed by atoms with E-state index in [4.69, 9.17) is 33.0 Å². The molecule has 1 N–H and O–H groups in total. The Labute approximate surface area is 82.5 Å². The maximum atomic E-state index is 10.1. The third kappa shape index (κ3) is 2.27. The number of aliphatic carboxylic acids is 1. The second kappa shape index (κ2) is 3.98. The van der Waals surface area contributed by atoms with Gasteiger partial charge in [0, 0.05) is 5.38 Å². The van der Waals surface area contributed by atoms with Gasteiger partial charge in [0.1, 0.15) is 4.34 Å². The van der Waals surface area contributed by atoms with Crippen molar-refractivity contribution in [2.75, 3.05) is 6.61 Å². The molecule has 0 amide bonds. The molecule has 0 aliphatic carbocycles. The van der Waals surface area contributed by atoms with Crippen molar-refractivity contribution >= 4 is 40.5 Å². The predicted octanol–water partition coefficient (Wildman–Crippen LogP) is 2.52. The predicted molar refractivity (Wildman–Crippen MR) is 47.5 cm³/mol. The van der Waals surface area contributed by atoms with Gasteiger partial charge in [-0.3, -0.25) is 0 Å². The molecule has 0 aliphatic heterocycles. The smallest absolute Gasteiger partial charge is 0.341 e. The van der Waals surface area contributed by atoms with Gasteiger partial charge in [-0.25, -0.2) is 4.79 Å². The van der Waals surface area contributed by atoms with Crippen LogP contribution in [0.2, 0.25) is 9.36 Å². The van der Waals surface area contributed by atoms with Crippen LogP contribution in [0.15, 0.2) is 5.38 Å². The molecule has 0 spiro atoms. The van der Waals surface area contributed by atoms with Gasteiger partial charge in [-0.05, 0) is 0 Å². The zero-order valence-corrected chi connectivity index (χ0v) is 8.04. The van der Waals surface area contributed by atoms with Crippen molar-refractivity contribution in [3.63, 3.8) is 0 Å². The van der Waals surface area contributed by atoms with E-state index in [2.05, 4.69) is 0 Å². The lowest BCUT2D eigenvalue weighted by molar-refractivity contribution is -0.139. The highest BCUT2D eigenvalue weighted by Gasteiger charge is 2.10. The van der Waals surface area contributed by atoms with Crippen LogP contribution in [0.25, 0.3) is 0 Å². The Morgan fingerprint density at radius 1 is 1.67 bits per heavy atom. The maximum absolute atomic E-state index is 10.1. The fraction of sp³-hybridized carbons (Fsp3) is 0.167. The number of hydrogen-bond acceptors (Lipinski definition) is 3. The molecule has 66 valence electrons. The molecule has 1 aromatic rings. The standard InChI is InChI=1S/C6H4Cl2O3S/c7-3-2-12-6(8)5(3)11-1-4(9)10/h2H,1H2,(H,9,10). The summed E-state index contributed by atoms with van der Waals surface area (Å²) >= 11 is 12.5. The quantitative estimate of drug-likeness (QED) is 0.862. The highest BCUT2D eigenvalue weighted by Crippen LogP contribution is 2.38. The van der Waals surface area contributed by atoms with Gasteiger partial charge in [-0.1, -0.05) is 23.2 Å². The molecule has 0 aliphatic rings. The normalized spacial score (nSPS) is 9.83. The molecular formula is C6H4Cl2O3S. The zero-order valence-electron chi connectivity index (χ0n) is 5.71. The van der Waals surface area contributed by atoms with E-state index in [1.54, 1.807) is 5.38 Å². The van der Waals surface area contributed by atoms with Gasteiger partial charge >= 0.3 is 5.97 Å². The molecule has 6 heteroatoms. The summed E-state index contributed by atoms with van der Waals surface area (Å²) in [7, 11) is 0. The minimum atomic E-state index is -1.06. The van der Waals surface area contributed by atoms with Gasteiger partial charge in [0.2, 0.25) is 0 Å². The summed E-state index contributed by atoms with van der Waals surface area (Å²) in [4.78, 5) is 10.1. The van der Waals surface area contributed by atoms with E-state index in [0.29, 0.717) is 9.36 Å². The fourth-order valence-corrected chi connectivity index (χ4v) is 1.83. The Hall–Kier alpha value is -0.450. The van der Waals surface area contributed by atoms with Gasteiger partial charge in [0.15, 0.2) is 12.4 Å². The van der Waals surface area contributed by atoms with Gasteiger partial charge < -0.3 is 9.84 Å². The molecule has 0 saturated carbocycles. The zero-order chi connectivity index (χ0) is 9.14. The molecule has 1 rings (SSSR count). The fourth-order valence-electron chi connectivity index (χ4n) is 0.564. The molecule has 0 atom stereocenters. The molecule has 0 fully saturated rings. The molecule has 0 aromatic carbocycles. The number of ether oxygens (including phenoxy) is 1. The highest BCUT2D eigenvalue weighted by molar-refractivity contribution is 7.15. The SMILES string of the molecule is O=C(O)COc1c(Cl)csc1Cl. The summed E-state index contributed by atoms with van der Waals surface area (Å²) in [6.07, 6.45) is 0. The second-order valence-electron chi connectivity index (χ2n) is 1.87. The lowest BCUT2D eigenvalue weighted by atomic mass is 10.6. The molecule has 1 heterocycles. The van der Waals surface area contributed by atoms with Crippen LogP contribution < -0.4 is 4.74 Å². The van der Waals surface area contributed by atoms with Crippen molar-refractivity contribution in [1.29, 1.82) is 0 Å². The van der Waals surface area contributed by atoms with Crippen LogP contribution in [0.3, 0.4) is 0 Å². The van der Waals surface area contributed by atoms with Gasteiger partial charge in [-0.2, -0.15) is 0 Å². The van der Waals surface area contributed by atoms with Gasteiger partial charge in [-0.15, -0.1) is 11.3 Å². The topological polar surface area (TPSA) is 46.5 Å². The van der Waals surface area contributed by atoms with Gasteiger partial charge in [0.05, 0.1) is 5.02 Å². The number of rotatable bonds is 3. The summed E-state index contributed by atoms with van der Waals surface area (Å²) in [5.74, 6) is -0.820. The minimum absolute atomic E-state index is 0.241. The van der Waals surface area contributed by atoms with Crippen LogP contribution in [-0.4, -0.2) is 17.7 Å². The summed E-state index contributed by atoms with van der Waals surface area (Å²) < 4.78 is 5.18. The molecule has 12 heavy (non-hydrogen) atoms. The van der Waals surface area contributed by atoms with Crippen molar-refractivity contribution in [2.45, 2.75) is 0 Å². The van der Waals surface area contributed by atoms with Crippen LogP contribution in [0.1, 0.15) is 0 Å². The lowest BCUT2D eigenvalue weighted by Crippen LogP contribution is -2.09. The minimum Gasteiger partial charge on any atom is -0.479 e. The molecule has 0 radical (unpaired) electrons. The Kier molecular flexibility index (Phi) is 3.20. The van der Waals surface area contributed by atoms with Crippen molar-refractivity contribution in [3.05, 3.63) is 14.7 Å². The highest BCUT2D eigenvalue weighted by atomic mass is 35.5. The van der Waals surface area contributed by atoms with Crippen molar-refractivity contribution in [2.24, 2.45) is 0 Å². The van der Waals surface area contributed by atoms with E-state index in [1.165, 1.54) is 11.3 Å². The van der Waals surface area contributed by atoms with Crippen LogP contribution in [0.4, 0.5) is 0 Å². The average Bonchev–Trinajstić information content (AvgIpc) is 2.28. The van der Waals surface area contributed by atoms with E-state index in [1.807, 2.05) is 0 Å². The molecule has 3 nitrogen and oxygen atoms in total. The number of thiophene rings is 1.